The molecule has 1 saturated carbocycles. The molecule has 0 radical (unpaired) electrons. The summed E-state index contributed by atoms with van der Waals surface area (Å²) in [5.74, 6) is 1.54. The average Bonchev–Trinajstić information content (AvgIpc) is 2.96. The highest BCUT2D eigenvalue weighted by atomic mass is 15.2. The van der Waals surface area contributed by atoms with Crippen LogP contribution in [-0.4, -0.2) is 14.6 Å². The van der Waals surface area contributed by atoms with Gasteiger partial charge in [0.1, 0.15) is 11.9 Å². The summed E-state index contributed by atoms with van der Waals surface area (Å²) < 4.78 is 1.97. The van der Waals surface area contributed by atoms with Crippen LogP contribution < -0.4 is 0 Å². The predicted molar refractivity (Wildman–Crippen MR) is 58.9 cm³/mol. The molecule has 80 valence electrons. The molecule has 0 bridgehead atoms. The van der Waals surface area contributed by atoms with Gasteiger partial charge in [0.15, 0.2) is 5.65 Å². The predicted octanol–water partition coefficient (Wildman–Crippen LogP) is 2.26. The zero-order chi connectivity index (χ0) is 11.0. The Morgan fingerprint density at radius 3 is 2.81 bits per heavy atom. The zero-order valence-electron chi connectivity index (χ0n) is 8.93. The number of rotatable bonds is 1. The van der Waals surface area contributed by atoms with Crippen molar-refractivity contribution in [2.45, 2.75) is 31.6 Å². The van der Waals surface area contributed by atoms with Crippen LogP contribution in [0.3, 0.4) is 0 Å². The van der Waals surface area contributed by atoms with Crippen molar-refractivity contribution in [2.24, 2.45) is 0 Å². The molecule has 1 aliphatic rings. The topological polar surface area (TPSA) is 54.0 Å². The molecule has 1 fully saturated rings. The fraction of sp³-hybridized carbons (Fsp3) is 0.417. The first-order valence-corrected chi connectivity index (χ1v) is 5.63. The van der Waals surface area contributed by atoms with E-state index in [0.717, 1.165) is 11.5 Å². The third kappa shape index (κ3) is 1.36. The van der Waals surface area contributed by atoms with Gasteiger partial charge in [-0.1, -0.05) is 12.8 Å². The first-order valence-electron chi connectivity index (χ1n) is 5.63. The lowest BCUT2D eigenvalue weighted by Gasteiger charge is -2.06. The fourth-order valence-electron chi connectivity index (χ4n) is 2.44. The van der Waals surface area contributed by atoms with Crippen molar-refractivity contribution in [2.75, 3.05) is 0 Å². The molecule has 0 aromatic carbocycles. The van der Waals surface area contributed by atoms with Crippen LogP contribution in [0.25, 0.3) is 5.65 Å². The van der Waals surface area contributed by atoms with Gasteiger partial charge in [-0.2, -0.15) is 5.26 Å². The number of pyridine rings is 1. The minimum absolute atomic E-state index is 0.518. The Bertz CT molecular complexity index is 558. The smallest absolute Gasteiger partial charge is 0.160 e. The molecule has 2 heterocycles. The molecule has 3 rings (SSSR count). The van der Waals surface area contributed by atoms with Crippen molar-refractivity contribution in [1.82, 2.24) is 14.6 Å². The van der Waals surface area contributed by atoms with Crippen LogP contribution in [0, 0.1) is 11.3 Å². The second-order valence-corrected chi connectivity index (χ2v) is 4.30. The van der Waals surface area contributed by atoms with Gasteiger partial charge in [-0.05, 0) is 25.0 Å². The molecule has 0 unspecified atom stereocenters. The zero-order valence-corrected chi connectivity index (χ0v) is 8.93. The second-order valence-electron chi connectivity index (χ2n) is 4.30. The summed E-state index contributed by atoms with van der Waals surface area (Å²) >= 11 is 0. The van der Waals surface area contributed by atoms with Crippen LogP contribution in [0.2, 0.25) is 0 Å². The van der Waals surface area contributed by atoms with Gasteiger partial charge in [0.2, 0.25) is 0 Å². The van der Waals surface area contributed by atoms with Crippen molar-refractivity contribution >= 4 is 5.65 Å². The summed E-state index contributed by atoms with van der Waals surface area (Å²) in [5, 5.41) is 17.3. The highest BCUT2D eigenvalue weighted by Gasteiger charge is 2.22. The highest BCUT2D eigenvalue weighted by Crippen LogP contribution is 2.33. The van der Waals surface area contributed by atoms with Gasteiger partial charge in [0, 0.05) is 12.1 Å². The van der Waals surface area contributed by atoms with Gasteiger partial charge >= 0.3 is 0 Å². The lowest BCUT2D eigenvalue weighted by atomic mass is 10.1. The lowest BCUT2D eigenvalue weighted by molar-refractivity contribution is 0.658. The summed E-state index contributed by atoms with van der Waals surface area (Å²) in [6.07, 6.45) is 6.77. The largest absolute Gasteiger partial charge is 0.285 e. The molecule has 4 nitrogen and oxygen atoms in total. The molecule has 0 amide bonds. The van der Waals surface area contributed by atoms with Crippen LogP contribution in [0.1, 0.15) is 43.0 Å². The van der Waals surface area contributed by atoms with Crippen molar-refractivity contribution in [3.05, 3.63) is 29.7 Å². The van der Waals surface area contributed by atoms with Crippen LogP contribution in [0.15, 0.2) is 18.3 Å². The monoisotopic (exact) mass is 212 g/mol. The fourth-order valence-corrected chi connectivity index (χ4v) is 2.44. The Morgan fingerprint density at radius 2 is 2.06 bits per heavy atom. The van der Waals surface area contributed by atoms with Gasteiger partial charge in [0.05, 0.1) is 5.56 Å². The van der Waals surface area contributed by atoms with E-state index in [1.807, 2.05) is 16.7 Å². The SMILES string of the molecule is N#Cc1ccc2nnc(C3CCCC3)n2c1. The molecule has 4 heteroatoms. The standard InChI is InChI=1S/C12H12N4/c13-7-9-5-6-11-14-15-12(16(11)8-9)10-3-1-2-4-10/h5-6,8,10H,1-4H2. The van der Waals surface area contributed by atoms with Crippen LogP contribution in [0.5, 0.6) is 0 Å². The maximum absolute atomic E-state index is 8.89. The maximum atomic E-state index is 8.89. The Hall–Kier alpha value is -1.89. The van der Waals surface area contributed by atoms with Gasteiger partial charge in [-0.25, -0.2) is 0 Å². The van der Waals surface area contributed by atoms with E-state index in [1.165, 1.54) is 25.7 Å². The molecule has 0 atom stereocenters. The quantitative estimate of drug-likeness (QED) is 0.728. The first kappa shape index (κ1) is 9.34. The van der Waals surface area contributed by atoms with E-state index in [1.54, 1.807) is 6.07 Å². The Balaban J connectivity index is 2.14. The molecule has 16 heavy (non-hydrogen) atoms. The molecule has 2 aromatic rings. The summed E-state index contributed by atoms with van der Waals surface area (Å²) in [4.78, 5) is 0. The molecule has 1 aliphatic carbocycles. The molecular formula is C12H12N4. The van der Waals surface area contributed by atoms with Gasteiger partial charge < -0.3 is 0 Å². The van der Waals surface area contributed by atoms with Crippen LogP contribution >= 0.6 is 0 Å². The average molecular weight is 212 g/mol. The molecular weight excluding hydrogens is 200 g/mol. The van der Waals surface area contributed by atoms with E-state index in [0.29, 0.717) is 11.5 Å². The maximum Gasteiger partial charge on any atom is 0.160 e. The number of hydrogen-bond donors (Lipinski definition) is 0. The lowest BCUT2D eigenvalue weighted by Crippen LogP contribution is -2.00. The van der Waals surface area contributed by atoms with Gasteiger partial charge in [-0.3, -0.25) is 4.40 Å². The normalized spacial score (nSPS) is 16.7. The van der Waals surface area contributed by atoms with E-state index < -0.39 is 0 Å². The molecule has 2 aromatic heterocycles. The van der Waals surface area contributed by atoms with E-state index in [9.17, 15) is 0 Å². The molecule has 0 aliphatic heterocycles. The third-order valence-corrected chi connectivity index (χ3v) is 3.28. The summed E-state index contributed by atoms with van der Waals surface area (Å²) in [6.45, 7) is 0. The highest BCUT2D eigenvalue weighted by molar-refractivity contribution is 5.43. The first-order chi connectivity index (χ1) is 7.88. The van der Waals surface area contributed by atoms with E-state index >= 15 is 0 Å². The van der Waals surface area contributed by atoms with Crippen molar-refractivity contribution in [1.29, 1.82) is 5.26 Å². The van der Waals surface area contributed by atoms with Gasteiger partial charge in [0.25, 0.3) is 0 Å². The number of fused-ring (bicyclic) bond motifs is 1. The number of aromatic nitrogens is 3. The minimum Gasteiger partial charge on any atom is -0.285 e. The Morgan fingerprint density at radius 1 is 1.25 bits per heavy atom. The number of nitriles is 1. The molecule has 0 N–H and O–H groups in total. The van der Waals surface area contributed by atoms with Gasteiger partial charge in [-0.15, -0.1) is 10.2 Å². The summed E-state index contributed by atoms with van der Waals surface area (Å²) in [5.41, 5.74) is 1.49. The van der Waals surface area contributed by atoms with Crippen molar-refractivity contribution in [3.63, 3.8) is 0 Å². The Labute approximate surface area is 93.5 Å². The number of nitrogens with zero attached hydrogens (tertiary/aromatic N) is 4. The second kappa shape index (κ2) is 3.60. The summed E-state index contributed by atoms with van der Waals surface area (Å²) in [6, 6.07) is 5.78. The number of hydrogen-bond acceptors (Lipinski definition) is 3. The van der Waals surface area contributed by atoms with Crippen molar-refractivity contribution in [3.8, 4) is 6.07 Å². The summed E-state index contributed by atoms with van der Waals surface area (Å²) in [7, 11) is 0. The van der Waals surface area contributed by atoms with Crippen LogP contribution in [0.4, 0.5) is 0 Å². The molecule has 0 spiro atoms. The van der Waals surface area contributed by atoms with Crippen molar-refractivity contribution < 1.29 is 0 Å². The van der Waals surface area contributed by atoms with E-state index in [2.05, 4.69) is 16.3 Å². The Kier molecular flexibility index (Phi) is 2.10. The van der Waals surface area contributed by atoms with E-state index in [-0.39, 0.29) is 0 Å². The van der Waals surface area contributed by atoms with E-state index in [4.69, 9.17) is 5.26 Å². The molecule has 0 saturated heterocycles. The minimum atomic E-state index is 0.518. The van der Waals surface area contributed by atoms with Crippen LogP contribution in [-0.2, 0) is 0 Å². The third-order valence-electron chi connectivity index (χ3n) is 3.28.